The van der Waals surface area contributed by atoms with E-state index in [1.807, 2.05) is 30.3 Å². The van der Waals surface area contributed by atoms with Crippen LogP contribution in [0.3, 0.4) is 0 Å². The molecule has 3 unspecified atom stereocenters. The van der Waals surface area contributed by atoms with Gasteiger partial charge in [0, 0.05) is 0 Å². The van der Waals surface area contributed by atoms with Crippen LogP contribution in [0.4, 0.5) is 4.39 Å². The average Bonchev–Trinajstić information content (AvgIpc) is 2.95. The molecule has 14 heavy (non-hydrogen) atoms. The van der Waals surface area contributed by atoms with Crippen molar-refractivity contribution in [2.75, 3.05) is 0 Å². The molecule has 1 aliphatic rings. The Morgan fingerprint density at radius 3 is 2.50 bits per heavy atom. The summed E-state index contributed by atoms with van der Waals surface area (Å²) in [7, 11) is 0. The molecule has 1 aliphatic carbocycles. The number of benzene rings is 1. The zero-order valence-corrected chi connectivity index (χ0v) is 9.08. The summed E-state index contributed by atoms with van der Waals surface area (Å²) in [5, 5.41) is 0. The summed E-state index contributed by atoms with van der Waals surface area (Å²) in [5.74, 6) is -0.414. The van der Waals surface area contributed by atoms with Gasteiger partial charge in [-0.2, -0.15) is 0 Å². The molecular weight excluding hydrogens is 247 g/mol. The van der Waals surface area contributed by atoms with E-state index in [2.05, 4.69) is 15.9 Å². The van der Waals surface area contributed by atoms with Crippen molar-refractivity contribution in [1.82, 2.24) is 0 Å². The van der Waals surface area contributed by atoms with Gasteiger partial charge in [0.25, 0.3) is 0 Å². The van der Waals surface area contributed by atoms with Gasteiger partial charge in [-0.25, -0.2) is 4.39 Å². The van der Waals surface area contributed by atoms with Gasteiger partial charge >= 0.3 is 0 Å². The molecule has 74 valence electrons. The molecule has 0 saturated heterocycles. The van der Waals surface area contributed by atoms with Gasteiger partial charge in [-0.05, 0) is 12.0 Å². The highest BCUT2D eigenvalue weighted by Gasteiger charge is 2.45. The smallest absolute Gasteiger partial charge is 0.156 e. The summed E-state index contributed by atoms with van der Waals surface area (Å²) in [6, 6.07) is 9.37. The zero-order chi connectivity index (χ0) is 10.1. The number of halogens is 2. The summed E-state index contributed by atoms with van der Waals surface area (Å²) in [6.07, 6.45) is -0.514. The average molecular weight is 257 g/mol. The first-order valence-electron chi connectivity index (χ1n) is 4.57. The molecular formula is C11H10BrFO. The lowest BCUT2D eigenvalue weighted by Gasteiger charge is -2.07. The quantitative estimate of drug-likeness (QED) is 0.760. The summed E-state index contributed by atoms with van der Waals surface area (Å²) in [4.78, 5) is 11.3. The fraction of sp³-hybridized carbons (Fsp3) is 0.364. The number of hydrogen-bond acceptors (Lipinski definition) is 1. The Morgan fingerprint density at radius 2 is 2.00 bits per heavy atom. The minimum absolute atomic E-state index is 0.0382. The summed E-state index contributed by atoms with van der Waals surface area (Å²) < 4.78 is 12.7. The topological polar surface area (TPSA) is 17.1 Å². The van der Waals surface area contributed by atoms with Gasteiger partial charge in [-0.3, -0.25) is 4.79 Å². The number of ketones is 1. The van der Waals surface area contributed by atoms with Crippen molar-refractivity contribution in [3.8, 4) is 0 Å². The van der Waals surface area contributed by atoms with Crippen molar-refractivity contribution in [2.45, 2.75) is 17.4 Å². The van der Waals surface area contributed by atoms with Crippen LogP contribution >= 0.6 is 15.9 Å². The van der Waals surface area contributed by atoms with Gasteiger partial charge in [0.1, 0.15) is 6.17 Å². The van der Waals surface area contributed by atoms with E-state index in [9.17, 15) is 9.18 Å². The third-order valence-corrected chi connectivity index (χ3v) is 3.40. The first kappa shape index (κ1) is 9.84. The number of carbonyl (C=O) groups is 1. The van der Waals surface area contributed by atoms with Gasteiger partial charge in [0.05, 0.1) is 10.7 Å². The standard InChI is InChI=1S/C11H10BrFO/c12-10(7-4-2-1-3-5-7)11(14)8-6-9(8)13/h1-5,8-10H,6H2. The highest BCUT2D eigenvalue weighted by molar-refractivity contribution is 9.09. The normalized spacial score (nSPS) is 27.0. The monoisotopic (exact) mass is 256 g/mol. The van der Waals surface area contributed by atoms with Gasteiger partial charge in [-0.1, -0.05) is 46.3 Å². The van der Waals surface area contributed by atoms with Gasteiger partial charge in [0.15, 0.2) is 5.78 Å². The molecule has 1 aromatic rings. The fourth-order valence-electron chi connectivity index (χ4n) is 1.43. The Labute approximate surface area is 90.4 Å². The van der Waals surface area contributed by atoms with E-state index in [1.165, 1.54) is 0 Å². The lowest BCUT2D eigenvalue weighted by molar-refractivity contribution is -0.120. The second-order valence-corrected chi connectivity index (χ2v) is 4.45. The lowest BCUT2D eigenvalue weighted by Crippen LogP contribution is -2.09. The van der Waals surface area contributed by atoms with Crippen molar-refractivity contribution >= 4 is 21.7 Å². The molecule has 1 saturated carbocycles. The molecule has 0 bridgehead atoms. The SMILES string of the molecule is O=C(C(Br)c1ccccc1)C1CC1F. The predicted octanol–water partition coefficient (Wildman–Crippen LogP) is 3.05. The molecule has 3 atom stereocenters. The van der Waals surface area contributed by atoms with Crippen LogP contribution in [-0.2, 0) is 4.79 Å². The van der Waals surface area contributed by atoms with Crippen LogP contribution in [0, 0.1) is 5.92 Å². The number of hydrogen-bond donors (Lipinski definition) is 0. The minimum Gasteiger partial charge on any atom is -0.298 e. The Hall–Kier alpha value is -0.700. The molecule has 0 aliphatic heterocycles. The molecule has 3 heteroatoms. The van der Waals surface area contributed by atoms with E-state index in [-0.39, 0.29) is 16.5 Å². The highest BCUT2D eigenvalue weighted by Crippen LogP contribution is 2.40. The molecule has 1 nitrogen and oxygen atoms in total. The van der Waals surface area contributed by atoms with Crippen molar-refractivity contribution in [1.29, 1.82) is 0 Å². The molecule has 0 spiro atoms. The second-order valence-electron chi connectivity index (χ2n) is 3.53. The first-order chi connectivity index (χ1) is 6.70. The predicted molar refractivity (Wildman–Crippen MR) is 56.1 cm³/mol. The van der Waals surface area contributed by atoms with Crippen LogP contribution < -0.4 is 0 Å². The van der Waals surface area contributed by atoms with Crippen molar-refractivity contribution < 1.29 is 9.18 Å². The number of rotatable bonds is 3. The minimum atomic E-state index is -0.911. The van der Waals surface area contributed by atoms with Gasteiger partial charge < -0.3 is 0 Å². The van der Waals surface area contributed by atoms with E-state index in [1.54, 1.807) is 0 Å². The number of Topliss-reactive ketones (excluding diaryl/α,β-unsaturated/α-hetero) is 1. The highest BCUT2D eigenvalue weighted by atomic mass is 79.9. The van der Waals surface area contributed by atoms with Gasteiger partial charge in [0.2, 0.25) is 0 Å². The third-order valence-electron chi connectivity index (χ3n) is 2.42. The fourth-order valence-corrected chi connectivity index (χ4v) is 2.08. The Kier molecular flexibility index (Phi) is 2.68. The molecule has 0 N–H and O–H groups in total. The maximum atomic E-state index is 12.7. The largest absolute Gasteiger partial charge is 0.298 e. The van der Waals surface area contributed by atoms with E-state index in [4.69, 9.17) is 0 Å². The molecule has 0 radical (unpaired) electrons. The molecule has 0 amide bonds. The van der Waals surface area contributed by atoms with Crippen LogP contribution in [0.1, 0.15) is 16.8 Å². The van der Waals surface area contributed by atoms with Crippen molar-refractivity contribution in [2.24, 2.45) is 5.92 Å². The molecule has 1 aromatic carbocycles. The summed E-state index contributed by atoms with van der Waals surface area (Å²) in [6.45, 7) is 0. The van der Waals surface area contributed by atoms with Crippen LogP contribution in [-0.4, -0.2) is 12.0 Å². The second kappa shape index (κ2) is 3.81. The third kappa shape index (κ3) is 1.87. The van der Waals surface area contributed by atoms with Crippen molar-refractivity contribution in [3.05, 3.63) is 35.9 Å². The van der Waals surface area contributed by atoms with Crippen molar-refractivity contribution in [3.63, 3.8) is 0 Å². The van der Waals surface area contributed by atoms with E-state index in [0.29, 0.717) is 6.42 Å². The van der Waals surface area contributed by atoms with Crippen LogP contribution in [0.25, 0.3) is 0 Å². The number of alkyl halides is 2. The van der Waals surface area contributed by atoms with Crippen LogP contribution in [0.2, 0.25) is 0 Å². The zero-order valence-electron chi connectivity index (χ0n) is 7.49. The number of carbonyl (C=O) groups excluding carboxylic acids is 1. The van der Waals surface area contributed by atoms with E-state index in [0.717, 1.165) is 5.56 Å². The van der Waals surface area contributed by atoms with Gasteiger partial charge in [-0.15, -0.1) is 0 Å². The molecule has 0 heterocycles. The Morgan fingerprint density at radius 1 is 1.43 bits per heavy atom. The Bertz CT molecular complexity index is 338. The molecule has 2 rings (SSSR count). The maximum Gasteiger partial charge on any atom is 0.156 e. The van der Waals surface area contributed by atoms with E-state index < -0.39 is 6.17 Å². The molecule has 1 fully saturated rings. The maximum absolute atomic E-state index is 12.7. The van der Waals surface area contributed by atoms with Crippen LogP contribution in [0.15, 0.2) is 30.3 Å². The summed E-state index contributed by atoms with van der Waals surface area (Å²) >= 11 is 3.30. The van der Waals surface area contributed by atoms with Crippen LogP contribution in [0.5, 0.6) is 0 Å². The molecule has 0 aromatic heterocycles. The Balaban J connectivity index is 2.09. The summed E-state index contributed by atoms with van der Waals surface area (Å²) in [5.41, 5.74) is 0.900. The lowest BCUT2D eigenvalue weighted by atomic mass is 10.1. The first-order valence-corrected chi connectivity index (χ1v) is 5.48. The van der Waals surface area contributed by atoms with E-state index >= 15 is 0 Å².